The number of aromatic nitrogens is 2. The van der Waals surface area contributed by atoms with Crippen molar-refractivity contribution >= 4 is 5.95 Å². The van der Waals surface area contributed by atoms with E-state index in [9.17, 15) is 8.78 Å². The molecule has 0 atom stereocenters. The van der Waals surface area contributed by atoms with Crippen LogP contribution in [0.5, 0.6) is 0 Å². The predicted octanol–water partition coefficient (Wildman–Crippen LogP) is 2.41. The van der Waals surface area contributed by atoms with E-state index in [1.807, 2.05) is 6.07 Å². The van der Waals surface area contributed by atoms with Crippen LogP contribution in [-0.4, -0.2) is 16.5 Å². The fraction of sp³-hybridized carbons (Fsp3) is 0.167. The van der Waals surface area contributed by atoms with Gasteiger partial charge in [-0.1, -0.05) is 12.1 Å². The van der Waals surface area contributed by atoms with Gasteiger partial charge >= 0.3 is 0 Å². The van der Waals surface area contributed by atoms with E-state index in [-0.39, 0.29) is 5.82 Å². The van der Waals surface area contributed by atoms with Crippen molar-refractivity contribution in [1.82, 2.24) is 9.97 Å². The van der Waals surface area contributed by atoms with Gasteiger partial charge in [0.25, 0.3) is 0 Å². The second-order valence-corrected chi connectivity index (χ2v) is 3.53. The summed E-state index contributed by atoms with van der Waals surface area (Å²) in [4.78, 5) is 7.51. The van der Waals surface area contributed by atoms with Crippen LogP contribution >= 0.6 is 0 Å². The van der Waals surface area contributed by atoms with Crippen molar-refractivity contribution in [2.75, 3.05) is 11.9 Å². The summed E-state index contributed by atoms with van der Waals surface area (Å²) in [6, 6.07) is 6.39. The monoisotopic (exact) mass is 235 g/mol. The highest BCUT2D eigenvalue weighted by atomic mass is 19.1. The molecule has 0 aliphatic carbocycles. The van der Waals surface area contributed by atoms with Crippen molar-refractivity contribution < 1.29 is 8.78 Å². The Labute approximate surface area is 97.5 Å². The minimum absolute atomic E-state index is 0.250. The number of anilines is 1. The van der Waals surface area contributed by atoms with Crippen LogP contribution in [0.1, 0.15) is 5.56 Å². The van der Waals surface area contributed by atoms with Crippen LogP contribution in [0.25, 0.3) is 0 Å². The van der Waals surface area contributed by atoms with Crippen LogP contribution in [-0.2, 0) is 6.42 Å². The highest BCUT2D eigenvalue weighted by Gasteiger charge is 1.98. The largest absolute Gasteiger partial charge is 0.354 e. The molecule has 0 fully saturated rings. The molecule has 0 bridgehead atoms. The third-order valence-corrected chi connectivity index (χ3v) is 2.21. The Morgan fingerprint density at radius 3 is 2.53 bits per heavy atom. The summed E-state index contributed by atoms with van der Waals surface area (Å²) in [7, 11) is 0. The zero-order valence-corrected chi connectivity index (χ0v) is 9.03. The number of hydrogen-bond acceptors (Lipinski definition) is 3. The first-order chi connectivity index (χ1) is 8.24. The summed E-state index contributed by atoms with van der Waals surface area (Å²) < 4.78 is 25.4. The second kappa shape index (κ2) is 5.34. The molecule has 0 radical (unpaired) electrons. The van der Waals surface area contributed by atoms with Gasteiger partial charge in [0.2, 0.25) is 5.95 Å². The quantitative estimate of drug-likeness (QED) is 0.884. The van der Waals surface area contributed by atoms with Crippen LogP contribution in [0.2, 0.25) is 0 Å². The van der Waals surface area contributed by atoms with E-state index in [4.69, 9.17) is 0 Å². The standard InChI is InChI=1S/C12H11F2N3/c13-10-3-1-2-9(6-10)4-5-15-12-16-7-11(14)8-17-12/h1-3,6-8H,4-5H2,(H,15,16,17). The maximum absolute atomic E-state index is 12.9. The minimum Gasteiger partial charge on any atom is -0.354 e. The summed E-state index contributed by atoms with van der Waals surface area (Å²) in [5.41, 5.74) is 0.889. The normalized spacial score (nSPS) is 10.2. The lowest BCUT2D eigenvalue weighted by atomic mass is 10.1. The highest BCUT2D eigenvalue weighted by Crippen LogP contribution is 2.05. The molecular formula is C12H11F2N3. The van der Waals surface area contributed by atoms with Crippen molar-refractivity contribution in [1.29, 1.82) is 0 Å². The lowest BCUT2D eigenvalue weighted by Crippen LogP contribution is -2.08. The highest BCUT2D eigenvalue weighted by molar-refractivity contribution is 5.24. The Balaban J connectivity index is 1.85. The molecule has 2 rings (SSSR count). The summed E-state index contributed by atoms with van der Waals surface area (Å²) in [6.45, 7) is 0.565. The van der Waals surface area contributed by atoms with E-state index in [1.54, 1.807) is 6.07 Å². The van der Waals surface area contributed by atoms with Crippen LogP contribution < -0.4 is 5.32 Å². The molecule has 0 saturated heterocycles. The summed E-state index contributed by atoms with van der Waals surface area (Å²) in [5, 5.41) is 2.93. The lowest BCUT2D eigenvalue weighted by Gasteiger charge is -2.04. The predicted molar refractivity (Wildman–Crippen MR) is 60.6 cm³/mol. The van der Waals surface area contributed by atoms with Crippen LogP contribution in [0.4, 0.5) is 14.7 Å². The molecule has 88 valence electrons. The molecule has 0 spiro atoms. The number of hydrogen-bond donors (Lipinski definition) is 1. The average molecular weight is 235 g/mol. The molecular weight excluding hydrogens is 224 g/mol. The van der Waals surface area contributed by atoms with Gasteiger partial charge < -0.3 is 5.32 Å². The Hall–Kier alpha value is -2.04. The Morgan fingerprint density at radius 2 is 1.82 bits per heavy atom. The summed E-state index contributed by atoms with van der Waals surface area (Å²) in [6.07, 6.45) is 2.84. The van der Waals surface area contributed by atoms with E-state index in [1.165, 1.54) is 12.1 Å². The Kier molecular flexibility index (Phi) is 3.59. The topological polar surface area (TPSA) is 37.8 Å². The summed E-state index contributed by atoms with van der Waals surface area (Å²) >= 11 is 0. The van der Waals surface area contributed by atoms with Gasteiger partial charge in [0, 0.05) is 6.54 Å². The van der Waals surface area contributed by atoms with Gasteiger partial charge in [0.15, 0.2) is 5.82 Å². The zero-order chi connectivity index (χ0) is 12.1. The van der Waals surface area contributed by atoms with Gasteiger partial charge in [0.05, 0.1) is 12.4 Å². The van der Waals surface area contributed by atoms with E-state index < -0.39 is 5.82 Å². The van der Waals surface area contributed by atoms with Crippen LogP contribution in [0.3, 0.4) is 0 Å². The molecule has 0 amide bonds. The molecule has 1 aromatic carbocycles. The number of benzene rings is 1. The summed E-state index contributed by atoms with van der Waals surface area (Å²) in [5.74, 6) is -0.357. The van der Waals surface area contributed by atoms with E-state index in [0.29, 0.717) is 18.9 Å². The number of nitrogens with one attached hydrogen (secondary N) is 1. The Morgan fingerprint density at radius 1 is 1.06 bits per heavy atom. The smallest absolute Gasteiger partial charge is 0.222 e. The number of nitrogens with zero attached hydrogens (tertiary/aromatic N) is 2. The number of rotatable bonds is 4. The molecule has 0 unspecified atom stereocenters. The first-order valence-electron chi connectivity index (χ1n) is 5.20. The molecule has 2 aromatic rings. The minimum atomic E-state index is -0.472. The zero-order valence-electron chi connectivity index (χ0n) is 9.03. The van der Waals surface area contributed by atoms with Crippen molar-refractivity contribution in [2.24, 2.45) is 0 Å². The van der Waals surface area contributed by atoms with E-state index in [0.717, 1.165) is 18.0 Å². The maximum Gasteiger partial charge on any atom is 0.222 e. The first-order valence-corrected chi connectivity index (χ1v) is 5.20. The molecule has 17 heavy (non-hydrogen) atoms. The van der Waals surface area contributed by atoms with Gasteiger partial charge in [0.1, 0.15) is 5.82 Å². The van der Waals surface area contributed by atoms with Crippen molar-refractivity contribution in [3.8, 4) is 0 Å². The van der Waals surface area contributed by atoms with Crippen LogP contribution in [0.15, 0.2) is 36.7 Å². The molecule has 0 aliphatic rings. The number of halogens is 2. The van der Waals surface area contributed by atoms with Gasteiger partial charge in [-0.15, -0.1) is 0 Å². The first kappa shape index (κ1) is 11.4. The van der Waals surface area contributed by atoms with Crippen molar-refractivity contribution in [2.45, 2.75) is 6.42 Å². The lowest BCUT2D eigenvalue weighted by molar-refractivity contribution is 0.614. The van der Waals surface area contributed by atoms with Gasteiger partial charge in [-0.05, 0) is 24.1 Å². The van der Waals surface area contributed by atoms with Gasteiger partial charge in [-0.3, -0.25) is 0 Å². The molecule has 5 heteroatoms. The van der Waals surface area contributed by atoms with Gasteiger partial charge in [-0.25, -0.2) is 18.7 Å². The molecule has 1 heterocycles. The fourth-order valence-electron chi connectivity index (χ4n) is 1.41. The fourth-order valence-corrected chi connectivity index (χ4v) is 1.41. The van der Waals surface area contributed by atoms with E-state index >= 15 is 0 Å². The third kappa shape index (κ3) is 3.48. The van der Waals surface area contributed by atoms with E-state index in [2.05, 4.69) is 15.3 Å². The van der Waals surface area contributed by atoms with Gasteiger partial charge in [-0.2, -0.15) is 0 Å². The second-order valence-electron chi connectivity index (χ2n) is 3.53. The average Bonchev–Trinajstić information content (AvgIpc) is 2.32. The molecule has 3 nitrogen and oxygen atoms in total. The SMILES string of the molecule is Fc1cnc(NCCc2cccc(F)c2)nc1. The third-order valence-electron chi connectivity index (χ3n) is 2.21. The molecule has 1 N–H and O–H groups in total. The molecule has 0 aliphatic heterocycles. The Bertz CT molecular complexity index is 485. The molecule has 0 saturated carbocycles. The maximum atomic E-state index is 12.9. The molecule has 1 aromatic heterocycles. The van der Waals surface area contributed by atoms with Crippen molar-refractivity contribution in [3.63, 3.8) is 0 Å². The van der Waals surface area contributed by atoms with Crippen LogP contribution in [0, 0.1) is 11.6 Å². The van der Waals surface area contributed by atoms with Crippen molar-refractivity contribution in [3.05, 3.63) is 53.9 Å².